The first-order valence-electron chi connectivity index (χ1n) is 7.95. The van der Waals surface area contributed by atoms with E-state index >= 15 is 0 Å². The smallest absolute Gasteiger partial charge is 0.225 e. The van der Waals surface area contributed by atoms with Crippen LogP contribution >= 0.6 is 0 Å². The van der Waals surface area contributed by atoms with Crippen LogP contribution in [0.1, 0.15) is 58.8 Å². The van der Waals surface area contributed by atoms with Gasteiger partial charge in [0.05, 0.1) is 0 Å². The van der Waals surface area contributed by atoms with E-state index in [0.717, 1.165) is 18.4 Å². The molecule has 0 radical (unpaired) electrons. The number of nitrogens with zero attached hydrogens (tertiary/aromatic N) is 1. The van der Waals surface area contributed by atoms with Gasteiger partial charge < -0.3 is 4.90 Å². The van der Waals surface area contributed by atoms with Crippen LogP contribution in [0.4, 0.5) is 0 Å². The first kappa shape index (κ1) is 12.5. The maximum absolute atomic E-state index is 12.8. The van der Waals surface area contributed by atoms with Gasteiger partial charge in [0.1, 0.15) is 0 Å². The summed E-state index contributed by atoms with van der Waals surface area (Å²) in [4.78, 5) is 15.0. The second-order valence-corrected chi connectivity index (χ2v) is 7.25. The molecule has 2 heteroatoms. The van der Waals surface area contributed by atoms with Crippen molar-refractivity contribution in [1.29, 1.82) is 0 Å². The Hall–Kier alpha value is -0.530. The first-order chi connectivity index (χ1) is 8.65. The second kappa shape index (κ2) is 4.86. The summed E-state index contributed by atoms with van der Waals surface area (Å²) in [5, 5.41) is 0. The molecule has 3 rings (SSSR count). The summed E-state index contributed by atoms with van der Waals surface area (Å²) in [6, 6.07) is 0.567. The van der Waals surface area contributed by atoms with Gasteiger partial charge in [-0.15, -0.1) is 0 Å². The molecule has 3 aliphatic carbocycles. The molecule has 1 amide bonds. The molecule has 3 saturated carbocycles. The van der Waals surface area contributed by atoms with E-state index in [4.69, 9.17) is 0 Å². The molecule has 0 heterocycles. The standard InChI is InChI=1S/C16H27NO/c1-11(2)10-17(15-5-3-4-6-15)16(18)14-8-12-7-13(12)9-14/h11-15H,3-10H2,1-2H3. The largest absolute Gasteiger partial charge is 0.339 e. The number of hydrogen-bond acceptors (Lipinski definition) is 1. The van der Waals surface area contributed by atoms with Crippen molar-refractivity contribution in [1.82, 2.24) is 4.90 Å². The Morgan fingerprint density at radius 2 is 1.72 bits per heavy atom. The van der Waals surface area contributed by atoms with Crippen LogP contribution in [0.25, 0.3) is 0 Å². The zero-order valence-electron chi connectivity index (χ0n) is 11.9. The van der Waals surface area contributed by atoms with E-state index in [2.05, 4.69) is 18.7 Å². The monoisotopic (exact) mass is 249 g/mol. The lowest BCUT2D eigenvalue weighted by atomic mass is 9.99. The molecule has 102 valence electrons. The van der Waals surface area contributed by atoms with Gasteiger partial charge in [-0.05, 0) is 49.9 Å². The van der Waals surface area contributed by atoms with Crippen LogP contribution < -0.4 is 0 Å². The van der Waals surface area contributed by atoms with Crippen LogP contribution in [0.3, 0.4) is 0 Å². The normalized spacial score (nSPS) is 34.9. The average Bonchev–Trinajstić information content (AvgIpc) is 2.82. The predicted octanol–water partition coefficient (Wildman–Crippen LogP) is 3.46. The lowest BCUT2D eigenvalue weighted by Gasteiger charge is -2.33. The van der Waals surface area contributed by atoms with Crippen molar-refractivity contribution >= 4 is 5.91 Å². The van der Waals surface area contributed by atoms with Gasteiger partial charge in [-0.2, -0.15) is 0 Å². The molecule has 0 aromatic carbocycles. The van der Waals surface area contributed by atoms with Gasteiger partial charge in [0.15, 0.2) is 0 Å². The third-order valence-electron chi connectivity index (χ3n) is 5.20. The molecule has 18 heavy (non-hydrogen) atoms. The number of hydrogen-bond donors (Lipinski definition) is 0. The first-order valence-corrected chi connectivity index (χ1v) is 7.95. The molecule has 2 atom stereocenters. The molecule has 0 aromatic rings. The summed E-state index contributed by atoms with van der Waals surface area (Å²) in [6.45, 7) is 5.46. The summed E-state index contributed by atoms with van der Waals surface area (Å²) in [6.07, 6.45) is 8.95. The van der Waals surface area contributed by atoms with E-state index in [9.17, 15) is 4.79 Å². The molecule has 3 aliphatic rings. The number of fused-ring (bicyclic) bond motifs is 1. The third kappa shape index (κ3) is 2.44. The Kier molecular flexibility index (Phi) is 3.38. The number of carbonyl (C=O) groups is 1. The topological polar surface area (TPSA) is 20.3 Å². The van der Waals surface area contributed by atoms with Crippen LogP contribution in [0, 0.1) is 23.7 Å². The highest BCUT2D eigenvalue weighted by Crippen LogP contribution is 2.54. The maximum Gasteiger partial charge on any atom is 0.225 e. The maximum atomic E-state index is 12.8. The molecule has 0 aromatic heterocycles. The van der Waals surface area contributed by atoms with Crippen molar-refractivity contribution in [3.8, 4) is 0 Å². The Morgan fingerprint density at radius 1 is 1.11 bits per heavy atom. The molecular weight excluding hydrogens is 222 g/mol. The number of rotatable bonds is 4. The highest BCUT2D eigenvalue weighted by atomic mass is 16.2. The van der Waals surface area contributed by atoms with Crippen molar-refractivity contribution in [3.05, 3.63) is 0 Å². The van der Waals surface area contributed by atoms with E-state index < -0.39 is 0 Å². The molecule has 2 nitrogen and oxygen atoms in total. The predicted molar refractivity (Wildman–Crippen MR) is 73.1 cm³/mol. The molecule has 3 fully saturated rings. The molecular formula is C16H27NO. The van der Waals surface area contributed by atoms with E-state index in [1.807, 2.05) is 0 Å². The summed E-state index contributed by atoms with van der Waals surface area (Å²) >= 11 is 0. The Morgan fingerprint density at radius 3 is 2.28 bits per heavy atom. The van der Waals surface area contributed by atoms with Crippen molar-refractivity contribution in [2.75, 3.05) is 6.54 Å². The summed E-state index contributed by atoms with van der Waals surface area (Å²) in [5.41, 5.74) is 0. The quantitative estimate of drug-likeness (QED) is 0.747. The van der Waals surface area contributed by atoms with Crippen molar-refractivity contribution < 1.29 is 4.79 Å². The summed E-state index contributed by atoms with van der Waals surface area (Å²) < 4.78 is 0. The van der Waals surface area contributed by atoms with Crippen LogP contribution in [-0.4, -0.2) is 23.4 Å². The van der Waals surface area contributed by atoms with Gasteiger partial charge in [0.25, 0.3) is 0 Å². The van der Waals surface area contributed by atoms with Crippen LogP contribution in [0.5, 0.6) is 0 Å². The molecule has 0 spiro atoms. The van der Waals surface area contributed by atoms with Gasteiger partial charge in [-0.25, -0.2) is 0 Å². The fourth-order valence-electron chi connectivity index (χ4n) is 4.18. The Balaban J connectivity index is 1.64. The fourth-order valence-corrected chi connectivity index (χ4v) is 4.18. The SMILES string of the molecule is CC(C)CN(C(=O)C1CC2CC2C1)C1CCCC1. The zero-order valence-corrected chi connectivity index (χ0v) is 11.9. The van der Waals surface area contributed by atoms with Gasteiger partial charge >= 0.3 is 0 Å². The van der Waals surface area contributed by atoms with Crippen molar-refractivity contribution in [3.63, 3.8) is 0 Å². The van der Waals surface area contributed by atoms with E-state index in [0.29, 0.717) is 23.8 Å². The van der Waals surface area contributed by atoms with E-state index in [1.54, 1.807) is 0 Å². The minimum atomic E-state index is 0.382. The summed E-state index contributed by atoms with van der Waals surface area (Å²) in [5.74, 6) is 3.33. The fraction of sp³-hybridized carbons (Fsp3) is 0.938. The highest BCUT2D eigenvalue weighted by Gasteiger charge is 2.49. The minimum absolute atomic E-state index is 0.382. The van der Waals surface area contributed by atoms with Gasteiger partial charge in [0, 0.05) is 18.5 Å². The molecule has 2 unspecified atom stereocenters. The molecule has 0 saturated heterocycles. The molecule has 0 bridgehead atoms. The van der Waals surface area contributed by atoms with Crippen molar-refractivity contribution in [2.45, 2.75) is 64.8 Å². The second-order valence-electron chi connectivity index (χ2n) is 7.25. The van der Waals surface area contributed by atoms with Gasteiger partial charge in [-0.1, -0.05) is 26.7 Å². The minimum Gasteiger partial charge on any atom is -0.339 e. The summed E-state index contributed by atoms with van der Waals surface area (Å²) in [7, 11) is 0. The third-order valence-corrected chi connectivity index (χ3v) is 5.20. The molecule has 0 N–H and O–H groups in total. The number of amides is 1. The van der Waals surface area contributed by atoms with Gasteiger partial charge in [-0.3, -0.25) is 4.79 Å². The number of carbonyl (C=O) groups excluding carboxylic acids is 1. The van der Waals surface area contributed by atoms with Crippen LogP contribution in [0.2, 0.25) is 0 Å². The van der Waals surface area contributed by atoms with Crippen LogP contribution in [-0.2, 0) is 4.79 Å². The van der Waals surface area contributed by atoms with Crippen LogP contribution in [0.15, 0.2) is 0 Å². The zero-order chi connectivity index (χ0) is 12.7. The average molecular weight is 249 g/mol. The highest BCUT2D eigenvalue weighted by molar-refractivity contribution is 5.79. The Bertz CT molecular complexity index is 309. The molecule has 0 aliphatic heterocycles. The van der Waals surface area contributed by atoms with E-state index in [-0.39, 0.29) is 0 Å². The van der Waals surface area contributed by atoms with E-state index in [1.165, 1.54) is 44.9 Å². The lowest BCUT2D eigenvalue weighted by molar-refractivity contribution is -0.138. The Labute approximate surface area is 111 Å². The van der Waals surface area contributed by atoms with Gasteiger partial charge in [0.2, 0.25) is 5.91 Å². The van der Waals surface area contributed by atoms with Crippen molar-refractivity contribution in [2.24, 2.45) is 23.7 Å². The lowest BCUT2D eigenvalue weighted by Crippen LogP contribution is -2.44.